The molecule has 0 bridgehead atoms. The third-order valence-electron chi connectivity index (χ3n) is 5.45. The maximum Gasteiger partial charge on any atom is 0.322 e. The fourth-order valence-corrected chi connectivity index (χ4v) is 4.90. The van der Waals surface area contributed by atoms with E-state index in [1.54, 1.807) is 22.3 Å². The first kappa shape index (κ1) is 16.4. The number of nitrogens with one attached hydrogen (secondary N) is 1. The second kappa shape index (κ2) is 6.67. The molecule has 4 rings (SSSR count). The van der Waals surface area contributed by atoms with E-state index in [0.717, 1.165) is 29.7 Å². The van der Waals surface area contributed by atoms with Crippen molar-refractivity contribution in [1.29, 1.82) is 0 Å². The first-order chi connectivity index (χ1) is 12.2. The number of rotatable bonds is 4. The first-order valence-corrected chi connectivity index (χ1v) is 9.90. The predicted octanol–water partition coefficient (Wildman–Crippen LogP) is 3.43. The van der Waals surface area contributed by atoms with E-state index in [1.165, 1.54) is 19.3 Å². The van der Waals surface area contributed by atoms with E-state index in [1.807, 2.05) is 21.7 Å². The van der Waals surface area contributed by atoms with Gasteiger partial charge in [-0.25, -0.2) is 4.79 Å². The summed E-state index contributed by atoms with van der Waals surface area (Å²) in [5.41, 5.74) is 2.59. The highest BCUT2D eigenvalue weighted by Crippen LogP contribution is 2.39. The molecule has 2 aliphatic heterocycles. The number of urea groups is 1. The lowest BCUT2D eigenvalue weighted by molar-refractivity contribution is -0.128. The largest absolute Gasteiger partial charge is 0.330 e. The van der Waals surface area contributed by atoms with Crippen LogP contribution in [0.2, 0.25) is 0 Å². The van der Waals surface area contributed by atoms with E-state index in [9.17, 15) is 9.59 Å². The normalized spacial score (nSPS) is 24.6. The molecule has 1 atom stereocenters. The van der Waals surface area contributed by atoms with E-state index in [4.69, 9.17) is 0 Å². The zero-order valence-electron chi connectivity index (χ0n) is 14.2. The second-order valence-corrected chi connectivity index (χ2v) is 7.70. The minimum absolute atomic E-state index is 0.0900. The number of thiophene rings is 1. The molecule has 0 saturated heterocycles. The molecule has 132 valence electrons. The van der Waals surface area contributed by atoms with Crippen LogP contribution in [0.4, 0.5) is 4.79 Å². The lowest BCUT2D eigenvalue weighted by Gasteiger charge is -2.32. The van der Waals surface area contributed by atoms with Crippen molar-refractivity contribution in [3.63, 3.8) is 0 Å². The Morgan fingerprint density at radius 3 is 2.76 bits per heavy atom. The predicted molar refractivity (Wildman–Crippen MR) is 98.1 cm³/mol. The minimum atomic E-state index is -0.337. The summed E-state index contributed by atoms with van der Waals surface area (Å²) in [5, 5.41) is 7.01. The Kier molecular flexibility index (Phi) is 4.37. The number of hydrogen-bond donors (Lipinski definition) is 1. The summed E-state index contributed by atoms with van der Waals surface area (Å²) in [5.74, 6) is 0.0900. The number of hydrogen-bond acceptors (Lipinski definition) is 3. The molecule has 1 fully saturated rings. The summed E-state index contributed by atoms with van der Waals surface area (Å²) in [7, 11) is 0. The van der Waals surface area contributed by atoms with Crippen LogP contribution < -0.4 is 5.32 Å². The highest BCUT2D eigenvalue weighted by atomic mass is 32.1. The van der Waals surface area contributed by atoms with Crippen molar-refractivity contribution in [1.82, 2.24) is 15.1 Å². The highest BCUT2D eigenvalue weighted by Gasteiger charge is 2.45. The van der Waals surface area contributed by atoms with Gasteiger partial charge in [0.25, 0.3) is 5.91 Å². The van der Waals surface area contributed by atoms with Crippen LogP contribution in [0.15, 0.2) is 40.8 Å². The van der Waals surface area contributed by atoms with Crippen LogP contribution in [0.1, 0.15) is 43.7 Å². The van der Waals surface area contributed by atoms with Crippen LogP contribution in [-0.4, -0.2) is 40.9 Å². The Morgan fingerprint density at radius 1 is 1.28 bits per heavy atom. The van der Waals surface area contributed by atoms with Crippen molar-refractivity contribution in [2.45, 2.75) is 44.2 Å². The molecule has 3 amide bonds. The van der Waals surface area contributed by atoms with Crippen molar-refractivity contribution >= 4 is 23.3 Å². The van der Waals surface area contributed by atoms with Gasteiger partial charge in [0, 0.05) is 12.6 Å². The molecule has 0 radical (unpaired) electrons. The van der Waals surface area contributed by atoms with Gasteiger partial charge in [-0.05, 0) is 35.2 Å². The summed E-state index contributed by atoms with van der Waals surface area (Å²) >= 11 is 1.58. The molecule has 0 aromatic carbocycles. The number of amides is 3. The van der Waals surface area contributed by atoms with Gasteiger partial charge >= 0.3 is 6.03 Å². The molecule has 1 aromatic heterocycles. The van der Waals surface area contributed by atoms with Gasteiger partial charge in [-0.2, -0.15) is 11.3 Å². The molecule has 1 aliphatic carbocycles. The van der Waals surface area contributed by atoms with Gasteiger partial charge in [-0.3, -0.25) is 9.69 Å². The standard InChI is InChI=1S/C19H23N3O2S/c1-2-9-21-15-11-22(14-6-4-3-5-7-14)18(23)16(15)17(20-19(21)24)13-8-10-25-12-13/h2,8,10,12,14,17H,1,3-7,9,11H2,(H,20,24). The Morgan fingerprint density at radius 2 is 2.08 bits per heavy atom. The van der Waals surface area contributed by atoms with Gasteiger partial charge in [0.2, 0.25) is 0 Å². The van der Waals surface area contributed by atoms with Crippen molar-refractivity contribution in [3.05, 3.63) is 46.3 Å². The van der Waals surface area contributed by atoms with Gasteiger partial charge in [-0.1, -0.05) is 25.3 Å². The summed E-state index contributed by atoms with van der Waals surface area (Å²) in [4.78, 5) is 29.6. The lowest BCUT2D eigenvalue weighted by Crippen LogP contribution is -2.47. The van der Waals surface area contributed by atoms with E-state index in [0.29, 0.717) is 19.1 Å². The van der Waals surface area contributed by atoms with E-state index in [2.05, 4.69) is 11.9 Å². The zero-order valence-corrected chi connectivity index (χ0v) is 15.1. The third kappa shape index (κ3) is 2.78. The first-order valence-electron chi connectivity index (χ1n) is 8.95. The molecule has 0 spiro atoms. The quantitative estimate of drug-likeness (QED) is 0.840. The molecule has 1 saturated carbocycles. The summed E-state index contributed by atoms with van der Waals surface area (Å²) in [6.45, 7) is 4.72. The molecule has 25 heavy (non-hydrogen) atoms. The Labute approximate surface area is 152 Å². The van der Waals surface area contributed by atoms with Crippen LogP contribution >= 0.6 is 11.3 Å². The van der Waals surface area contributed by atoms with Gasteiger partial charge in [0.05, 0.1) is 23.9 Å². The van der Waals surface area contributed by atoms with Crippen molar-refractivity contribution in [2.24, 2.45) is 0 Å². The van der Waals surface area contributed by atoms with Gasteiger partial charge < -0.3 is 10.2 Å². The van der Waals surface area contributed by atoms with Crippen LogP contribution in [0.5, 0.6) is 0 Å². The molecule has 5 nitrogen and oxygen atoms in total. The Bertz CT molecular complexity index is 719. The highest BCUT2D eigenvalue weighted by molar-refractivity contribution is 7.08. The monoisotopic (exact) mass is 357 g/mol. The zero-order chi connectivity index (χ0) is 17.4. The van der Waals surface area contributed by atoms with Crippen LogP contribution in [-0.2, 0) is 4.79 Å². The summed E-state index contributed by atoms with van der Waals surface area (Å²) in [6, 6.07) is 1.81. The lowest BCUT2D eigenvalue weighted by atomic mass is 9.94. The molecular formula is C19H23N3O2S. The van der Waals surface area contributed by atoms with E-state index >= 15 is 0 Å². The minimum Gasteiger partial charge on any atom is -0.330 e. The molecule has 3 aliphatic rings. The van der Waals surface area contributed by atoms with E-state index < -0.39 is 0 Å². The topological polar surface area (TPSA) is 52.7 Å². The van der Waals surface area contributed by atoms with Crippen LogP contribution in [0, 0.1) is 0 Å². The Hall–Kier alpha value is -2.08. The molecule has 1 N–H and O–H groups in total. The SMILES string of the molecule is C=CCN1C(=O)NC(c2ccsc2)C2=C1CN(C1CCCCC1)C2=O. The molecule has 1 aromatic rings. The average molecular weight is 357 g/mol. The summed E-state index contributed by atoms with van der Waals surface area (Å²) < 4.78 is 0. The van der Waals surface area contributed by atoms with Crippen molar-refractivity contribution in [2.75, 3.05) is 13.1 Å². The van der Waals surface area contributed by atoms with Crippen LogP contribution in [0.25, 0.3) is 0 Å². The maximum absolute atomic E-state index is 13.3. The number of carbonyl (C=O) groups is 2. The molecule has 1 unspecified atom stereocenters. The number of nitrogens with zero attached hydrogens (tertiary/aromatic N) is 2. The summed E-state index contributed by atoms with van der Waals surface area (Å²) in [6.07, 6.45) is 7.46. The van der Waals surface area contributed by atoms with Crippen molar-refractivity contribution < 1.29 is 9.59 Å². The molecule has 3 heterocycles. The van der Waals surface area contributed by atoms with Gasteiger partial charge in [0.1, 0.15) is 0 Å². The smallest absolute Gasteiger partial charge is 0.322 e. The fraction of sp³-hybridized carbons (Fsp3) is 0.474. The van der Waals surface area contributed by atoms with E-state index in [-0.39, 0.29) is 18.0 Å². The van der Waals surface area contributed by atoms with Crippen LogP contribution in [0.3, 0.4) is 0 Å². The average Bonchev–Trinajstić information content (AvgIpc) is 3.27. The molecular weight excluding hydrogens is 334 g/mol. The fourth-order valence-electron chi connectivity index (χ4n) is 4.21. The second-order valence-electron chi connectivity index (χ2n) is 6.92. The Balaban J connectivity index is 1.70. The van der Waals surface area contributed by atoms with Crippen molar-refractivity contribution in [3.8, 4) is 0 Å². The number of carbonyl (C=O) groups excluding carboxylic acids is 2. The maximum atomic E-state index is 13.3. The van der Waals surface area contributed by atoms with Gasteiger partial charge in [0.15, 0.2) is 0 Å². The van der Waals surface area contributed by atoms with Gasteiger partial charge in [-0.15, -0.1) is 6.58 Å². The molecule has 6 heteroatoms. The third-order valence-corrected chi connectivity index (χ3v) is 6.15.